The quantitative estimate of drug-likeness (QED) is 0.298. The van der Waals surface area contributed by atoms with Crippen molar-refractivity contribution in [3.8, 4) is 5.88 Å². The molecule has 292 valence electrons. The van der Waals surface area contributed by atoms with E-state index in [-0.39, 0.29) is 36.0 Å². The van der Waals surface area contributed by atoms with Crippen LogP contribution in [0.25, 0.3) is 11.0 Å². The third kappa shape index (κ3) is 8.25. The van der Waals surface area contributed by atoms with Crippen molar-refractivity contribution in [3.63, 3.8) is 0 Å². The lowest BCUT2D eigenvalue weighted by atomic mass is 10.0. The minimum atomic E-state index is -4.97. The van der Waals surface area contributed by atoms with Crippen molar-refractivity contribution in [1.82, 2.24) is 40.2 Å². The molecule has 4 heterocycles. The molecule has 1 aromatic carbocycles. The van der Waals surface area contributed by atoms with Crippen LogP contribution in [0.5, 0.6) is 5.88 Å². The number of benzene rings is 1. The maximum atomic E-state index is 14.5. The van der Waals surface area contributed by atoms with Crippen molar-refractivity contribution in [1.29, 1.82) is 0 Å². The van der Waals surface area contributed by atoms with Crippen molar-refractivity contribution >= 4 is 44.7 Å². The Balaban J connectivity index is 1.22. The summed E-state index contributed by atoms with van der Waals surface area (Å²) in [4.78, 5) is 72.9. The van der Waals surface area contributed by atoms with Crippen LogP contribution in [0.1, 0.15) is 79.7 Å². The van der Waals surface area contributed by atoms with E-state index in [4.69, 9.17) is 4.74 Å². The Morgan fingerprint density at radius 3 is 2.45 bits per heavy atom. The van der Waals surface area contributed by atoms with Crippen LogP contribution >= 0.6 is 0 Å². The number of aryl methyl sites for hydroxylation is 1. The number of carbonyl (C=O) groups is 4. The second-order valence-electron chi connectivity index (χ2n) is 14.4. The minimum absolute atomic E-state index is 0.0204. The van der Waals surface area contributed by atoms with Gasteiger partial charge in [0.25, 0.3) is 11.8 Å². The zero-order valence-corrected chi connectivity index (χ0v) is 30.5. The van der Waals surface area contributed by atoms with Crippen molar-refractivity contribution in [3.05, 3.63) is 65.9 Å². The summed E-state index contributed by atoms with van der Waals surface area (Å²) in [5, 5.41) is 4.70. The van der Waals surface area contributed by atoms with Crippen LogP contribution in [0, 0.1) is 12.8 Å². The van der Waals surface area contributed by atoms with Gasteiger partial charge in [0.05, 0.1) is 34.7 Å². The molecule has 4 aliphatic rings. The fraction of sp³-hybridized carbons (Fsp3) is 0.500. The number of amides is 4. The number of alkyl halides is 3. The smallest absolute Gasteiger partial charge is 0.438 e. The molecule has 15 nitrogen and oxygen atoms in total. The number of para-hydroxylation sites is 2. The molecule has 2 saturated carbocycles. The maximum absolute atomic E-state index is 14.5. The summed E-state index contributed by atoms with van der Waals surface area (Å²) in [7, 11) is -3.99. The van der Waals surface area contributed by atoms with E-state index in [2.05, 4.69) is 35.3 Å². The van der Waals surface area contributed by atoms with Gasteiger partial charge in [-0.1, -0.05) is 37.1 Å². The molecule has 55 heavy (non-hydrogen) atoms. The third-order valence-corrected chi connectivity index (χ3v) is 12.1. The van der Waals surface area contributed by atoms with Gasteiger partial charge in [-0.05, 0) is 57.6 Å². The molecular formula is C36H39F3N8O7S. The van der Waals surface area contributed by atoms with Crippen LogP contribution in [0.2, 0.25) is 0 Å². The second-order valence-corrected chi connectivity index (χ2v) is 16.4. The average Bonchev–Trinajstić information content (AvgIpc) is 4.06. The summed E-state index contributed by atoms with van der Waals surface area (Å²) < 4.78 is 76.3. The molecule has 2 aliphatic carbocycles. The van der Waals surface area contributed by atoms with E-state index in [0.29, 0.717) is 44.2 Å². The van der Waals surface area contributed by atoms with Gasteiger partial charge in [-0.15, -0.1) is 0 Å². The lowest BCUT2D eigenvalue weighted by Gasteiger charge is -2.29. The predicted molar refractivity (Wildman–Crippen MR) is 188 cm³/mol. The first kappa shape index (κ1) is 38.1. The summed E-state index contributed by atoms with van der Waals surface area (Å²) in [6, 6.07) is 3.33. The lowest BCUT2D eigenvalue weighted by molar-refractivity contribution is -0.143. The molecule has 3 N–H and O–H groups in total. The Hall–Kier alpha value is -5.20. The van der Waals surface area contributed by atoms with Crippen molar-refractivity contribution in [2.75, 3.05) is 6.54 Å². The zero-order chi connectivity index (χ0) is 39.1. The van der Waals surface area contributed by atoms with Crippen LogP contribution in [0.15, 0.2) is 48.8 Å². The van der Waals surface area contributed by atoms with E-state index < -0.39 is 92.8 Å². The first-order valence-electron chi connectivity index (χ1n) is 18.1. The highest BCUT2D eigenvalue weighted by Crippen LogP contribution is 2.46. The number of allylic oxidation sites excluding steroid dienone is 1. The summed E-state index contributed by atoms with van der Waals surface area (Å²) in [6.07, 6.45) is 3.24. The molecule has 19 heteroatoms. The monoisotopic (exact) mass is 784 g/mol. The SMILES string of the molecule is Cc1cnc(C(=O)NC2CCCCCC=CC3CC3(C(=O)NS(=O)(=O)C3CC3)NC(=O)C3CC(Oc4nc5ccccc5nc4C(F)(F)F)CN3C2=O)cn1. The van der Waals surface area contributed by atoms with E-state index in [1.807, 2.05) is 6.08 Å². The summed E-state index contributed by atoms with van der Waals surface area (Å²) in [5.74, 6) is -4.58. The van der Waals surface area contributed by atoms with Crippen LogP contribution in [0.3, 0.4) is 0 Å². The van der Waals surface area contributed by atoms with E-state index in [1.54, 1.807) is 19.1 Å². The largest absolute Gasteiger partial charge is 0.471 e. The fourth-order valence-electron chi connectivity index (χ4n) is 7.00. The normalized spacial score (nSPS) is 26.2. The number of rotatable bonds is 7. The number of carbonyl (C=O) groups excluding carboxylic acids is 4. The van der Waals surface area contributed by atoms with E-state index in [9.17, 15) is 40.8 Å². The Morgan fingerprint density at radius 2 is 1.76 bits per heavy atom. The maximum Gasteiger partial charge on any atom is 0.438 e. The molecule has 0 radical (unpaired) electrons. The van der Waals surface area contributed by atoms with Crippen molar-refractivity contribution < 1.29 is 45.5 Å². The Bertz CT molecular complexity index is 2150. The molecule has 0 spiro atoms. The number of hydrogen-bond acceptors (Lipinski definition) is 11. The molecule has 5 atom stereocenters. The minimum Gasteiger partial charge on any atom is -0.471 e. The van der Waals surface area contributed by atoms with E-state index >= 15 is 0 Å². The van der Waals surface area contributed by atoms with Gasteiger partial charge >= 0.3 is 6.18 Å². The van der Waals surface area contributed by atoms with Gasteiger partial charge in [-0.2, -0.15) is 13.2 Å². The van der Waals surface area contributed by atoms with Crippen LogP contribution in [-0.2, 0) is 30.6 Å². The number of ether oxygens (including phenoxy) is 1. The molecule has 2 aliphatic heterocycles. The van der Waals surface area contributed by atoms with Gasteiger partial charge in [0.1, 0.15) is 29.4 Å². The highest BCUT2D eigenvalue weighted by atomic mass is 32.2. The molecule has 4 amide bonds. The number of fused-ring (bicyclic) bond motifs is 3. The van der Waals surface area contributed by atoms with Gasteiger partial charge in [0.15, 0.2) is 0 Å². The number of sulfonamides is 1. The highest BCUT2D eigenvalue weighted by Gasteiger charge is 2.62. The highest BCUT2D eigenvalue weighted by molar-refractivity contribution is 7.91. The number of nitrogens with one attached hydrogen (secondary N) is 3. The summed E-state index contributed by atoms with van der Waals surface area (Å²) in [6.45, 7) is 1.30. The number of halogens is 3. The Morgan fingerprint density at radius 1 is 1.02 bits per heavy atom. The molecule has 1 saturated heterocycles. The van der Waals surface area contributed by atoms with Crippen LogP contribution in [-0.4, -0.2) is 92.4 Å². The van der Waals surface area contributed by atoms with Crippen molar-refractivity contribution in [2.45, 2.75) is 99.9 Å². The number of aromatic nitrogens is 4. The predicted octanol–water partition coefficient (Wildman–Crippen LogP) is 2.90. The van der Waals surface area contributed by atoms with Gasteiger partial charge < -0.3 is 20.3 Å². The van der Waals surface area contributed by atoms with Gasteiger partial charge in [0, 0.05) is 18.5 Å². The summed E-state index contributed by atoms with van der Waals surface area (Å²) >= 11 is 0. The average molecular weight is 785 g/mol. The molecule has 3 fully saturated rings. The molecule has 3 aromatic rings. The Labute approximate surface area is 314 Å². The van der Waals surface area contributed by atoms with Gasteiger partial charge in [-0.25, -0.2) is 23.4 Å². The molecule has 5 unspecified atom stereocenters. The van der Waals surface area contributed by atoms with E-state index in [1.165, 1.54) is 30.6 Å². The number of hydrogen-bond donors (Lipinski definition) is 3. The van der Waals surface area contributed by atoms with Crippen LogP contribution < -0.4 is 20.1 Å². The second kappa shape index (κ2) is 14.8. The first-order valence-corrected chi connectivity index (χ1v) is 19.6. The first-order chi connectivity index (χ1) is 26.1. The van der Waals surface area contributed by atoms with Gasteiger partial charge in [0.2, 0.25) is 33.4 Å². The molecule has 2 aromatic heterocycles. The van der Waals surface area contributed by atoms with E-state index in [0.717, 1.165) is 4.90 Å². The summed E-state index contributed by atoms with van der Waals surface area (Å²) in [5.41, 5.74) is -2.44. The molecule has 0 bridgehead atoms. The fourth-order valence-corrected chi connectivity index (χ4v) is 8.36. The molecule has 7 rings (SSSR count). The van der Waals surface area contributed by atoms with Crippen molar-refractivity contribution in [2.24, 2.45) is 5.92 Å². The van der Waals surface area contributed by atoms with Gasteiger partial charge in [-0.3, -0.25) is 28.9 Å². The lowest BCUT2D eigenvalue weighted by Crippen LogP contribution is -2.58. The topological polar surface area (TPSA) is 203 Å². The number of nitrogens with zero attached hydrogens (tertiary/aromatic N) is 5. The standard InChI is InChI=1S/C36H39F3N8O7S/c1-20-17-41-27(18-40-20)30(48)43-26-12-6-4-2-3-5-9-21-16-35(21,34(51)46-55(52,53)23-13-14-23)45-31(49)28-15-22(19-47(28)33(26)50)54-32-29(36(37,38)39)42-24-10-7-8-11-25(24)44-32/h5,7-11,17-18,21-23,26,28H,2-4,6,12-16,19H2,1H3,(H,43,48)(H,45,49)(H,46,51). The van der Waals surface area contributed by atoms with Crippen LogP contribution in [0.4, 0.5) is 13.2 Å². The molecular weight excluding hydrogens is 746 g/mol. The third-order valence-electron chi connectivity index (χ3n) is 10.2. The zero-order valence-electron chi connectivity index (χ0n) is 29.7. The Kier molecular flexibility index (Phi) is 10.2.